The molecule has 0 aliphatic carbocycles. The van der Waals surface area contributed by atoms with Gasteiger partial charge in [-0.1, -0.05) is 51.3 Å². The number of fused-ring (bicyclic) bond motifs is 1. The zero-order chi connectivity index (χ0) is 15.1. The molecule has 1 heterocycles. The topological polar surface area (TPSA) is 42.4 Å². The van der Waals surface area contributed by atoms with Crippen LogP contribution in [0.2, 0.25) is 0 Å². The third-order valence-electron chi connectivity index (χ3n) is 3.92. The predicted molar refractivity (Wildman–Crippen MR) is 86.5 cm³/mol. The summed E-state index contributed by atoms with van der Waals surface area (Å²) in [5.41, 5.74) is 0.658. The van der Waals surface area contributed by atoms with Gasteiger partial charge in [-0.3, -0.25) is 0 Å². The Morgan fingerprint density at radius 2 is 2.05 bits per heavy atom. The summed E-state index contributed by atoms with van der Waals surface area (Å²) in [6.07, 6.45) is 4.78. The van der Waals surface area contributed by atoms with Crippen molar-refractivity contribution < 1.29 is 9.84 Å². The van der Waals surface area contributed by atoms with Gasteiger partial charge in [0.25, 0.3) is 0 Å². The van der Waals surface area contributed by atoms with E-state index in [4.69, 9.17) is 4.74 Å². The van der Waals surface area contributed by atoms with E-state index in [-0.39, 0.29) is 6.61 Å². The Balaban J connectivity index is 2.16. The van der Waals surface area contributed by atoms with Crippen LogP contribution in [0, 0.1) is 5.92 Å². The summed E-state index contributed by atoms with van der Waals surface area (Å²) in [7, 11) is 0. The molecular formula is C18H25NO2. The van der Waals surface area contributed by atoms with Gasteiger partial charge < -0.3 is 9.84 Å². The van der Waals surface area contributed by atoms with E-state index >= 15 is 0 Å². The fraction of sp³-hybridized carbons (Fsp3) is 0.500. The minimum absolute atomic E-state index is 0.0613. The van der Waals surface area contributed by atoms with Crippen LogP contribution in [0.4, 0.5) is 0 Å². The number of rotatable bonds is 8. The Morgan fingerprint density at radius 3 is 2.76 bits per heavy atom. The number of benzene rings is 1. The summed E-state index contributed by atoms with van der Waals surface area (Å²) in [5, 5.41) is 11.4. The maximum Gasteiger partial charge on any atom is 0.221 e. The third kappa shape index (κ3) is 4.18. The molecule has 1 atom stereocenters. The third-order valence-corrected chi connectivity index (χ3v) is 3.92. The Hall–Kier alpha value is -1.61. The highest BCUT2D eigenvalue weighted by Gasteiger charge is 2.11. The molecule has 1 unspecified atom stereocenters. The van der Waals surface area contributed by atoms with Gasteiger partial charge in [-0.05, 0) is 29.9 Å². The molecule has 3 heteroatoms. The summed E-state index contributed by atoms with van der Waals surface area (Å²) in [6, 6.07) is 9.94. The van der Waals surface area contributed by atoms with Crippen LogP contribution in [0.25, 0.3) is 10.8 Å². The molecule has 0 saturated carbocycles. The molecule has 1 aromatic carbocycles. The normalized spacial score (nSPS) is 12.5. The second-order valence-corrected chi connectivity index (χ2v) is 5.53. The highest BCUT2D eigenvalue weighted by Crippen LogP contribution is 2.25. The lowest BCUT2D eigenvalue weighted by Gasteiger charge is -2.16. The molecule has 0 radical (unpaired) electrons. The first-order chi connectivity index (χ1) is 10.3. The van der Waals surface area contributed by atoms with Crippen LogP contribution in [0.1, 0.15) is 45.2 Å². The van der Waals surface area contributed by atoms with Gasteiger partial charge in [0.2, 0.25) is 5.88 Å². The van der Waals surface area contributed by atoms with E-state index in [1.54, 1.807) is 0 Å². The summed E-state index contributed by atoms with van der Waals surface area (Å²) in [6.45, 7) is 5.06. The second kappa shape index (κ2) is 7.99. The molecule has 0 bridgehead atoms. The lowest BCUT2D eigenvalue weighted by atomic mass is 10.0. The van der Waals surface area contributed by atoms with E-state index in [0.717, 1.165) is 17.2 Å². The molecular weight excluding hydrogens is 262 g/mol. The van der Waals surface area contributed by atoms with Crippen molar-refractivity contribution in [3.8, 4) is 5.88 Å². The van der Waals surface area contributed by atoms with E-state index in [2.05, 4.69) is 18.8 Å². The predicted octanol–water partition coefficient (Wildman–Crippen LogP) is 4.32. The number of pyridine rings is 1. The van der Waals surface area contributed by atoms with Gasteiger partial charge in [0.1, 0.15) is 0 Å². The van der Waals surface area contributed by atoms with Crippen molar-refractivity contribution in [1.29, 1.82) is 0 Å². The second-order valence-electron chi connectivity index (χ2n) is 5.53. The summed E-state index contributed by atoms with van der Waals surface area (Å²) in [5.74, 6) is 1.22. The summed E-state index contributed by atoms with van der Waals surface area (Å²) in [4.78, 5) is 4.43. The largest absolute Gasteiger partial charge is 0.477 e. The van der Waals surface area contributed by atoms with Crippen molar-refractivity contribution in [3.05, 3.63) is 36.0 Å². The van der Waals surface area contributed by atoms with Crippen LogP contribution in [0.15, 0.2) is 30.3 Å². The zero-order valence-corrected chi connectivity index (χ0v) is 13.0. The number of aromatic nitrogens is 1. The molecule has 0 saturated heterocycles. The van der Waals surface area contributed by atoms with Gasteiger partial charge in [0.05, 0.1) is 18.9 Å². The average molecular weight is 287 g/mol. The molecule has 0 aliphatic heterocycles. The van der Waals surface area contributed by atoms with Gasteiger partial charge in [-0.15, -0.1) is 0 Å². The van der Waals surface area contributed by atoms with Gasteiger partial charge in [-0.25, -0.2) is 4.98 Å². The fourth-order valence-corrected chi connectivity index (χ4v) is 2.51. The quantitative estimate of drug-likeness (QED) is 0.786. The Morgan fingerprint density at radius 1 is 1.24 bits per heavy atom. The number of unbranched alkanes of at least 4 members (excludes halogenated alkanes) is 1. The standard InChI is InChI=1S/C18H25NO2/c1-3-5-8-14(4-2)13-21-18-17-10-7-6-9-15(17)11-16(12-20)19-18/h6-7,9-11,14,20H,3-5,8,12-13H2,1-2H3. The maximum atomic E-state index is 9.34. The van der Waals surface area contributed by atoms with E-state index in [1.165, 1.54) is 19.3 Å². The SMILES string of the molecule is CCCCC(CC)COc1nc(CO)cc2ccccc12. The van der Waals surface area contributed by atoms with Crippen LogP contribution < -0.4 is 4.74 Å². The van der Waals surface area contributed by atoms with E-state index in [1.807, 2.05) is 30.3 Å². The van der Waals surface area contributed by atoms with Crippen LogP contribution in [-0.4, -0.2) is 16.7 Å². The molecule has 0 amide bonds. The van der Waals surface area contributed by atoms with Gasteiger partial charge in [0, 0.05) is 5.39 Å². The fourth-order valence-electron chi connectivity index (χ4n) is 2.51. The van der Waals surface area contributed by atoms with Gasteiger partial charge in [0.15, 0.2) is 0 Å². The highest BCUT2D eigenvalue weighted by molar-refractivity contribution is 5.87. The van der Waals surface area contributed by atoms with Crippen molar-refractivity contribution in [2.45, 2.75) is 46.1 Å². The summed E-state index contributed by atoms with van der Waals surface area (Å²) >= 11 is 0. The first kappa shape index (κ1) is 15.8. The van der Waals surface area contributed by atoms with Crippen molar-refractivity contribution in [2.24, 2.45) is 5.92 Å². The molecule has 3 nitrogen and oxygen atoms in total. The van der Waals surface area contributed by atoms with E-state index in [0.29, 0.717) is 24.1 Å². The lowest BCUT2D eigenvalue weighted by molar-refractivity contribution is 0.225. The average Bonchev–Trinajstić information content (AvgIpc) is 2.54. The zero-order valence-electron chi connectivity index (χ0n) is 13.0. The Labute approximate surface area is 127 Å². The smallest absolute Gasteiger partial charge is 0.221 e. The maximum absolute atomic E-state index is 9.34. The van der Waals surface area contributed by atoms with Crippen LogP contribution in [0.5, 0.6) is 5.88 Å². The molecule has 0 spiro atoms. The number of hydrogen-bond donors (Lipinski definition) is 1. The van der Waals surface area contributed by atoms with Crippen LogP contribution in [0.3, 0.4) is 0 Å². The molecule has 0 fully saturated rings. The lowest BCUT2D eigenvalue weighted by Crippen LogP contribution is -2.12. The highest BCUT2D eigenvalue weighted by atomic mass is 16.5. The molecule has 21 heavy (non-hydrogen) atoms. The van der Waals surface area contributed by atoms with Crippen molar-refractivity contribution >= 4 is 10.8 Å². The number of aliphatic hydroxyl groups excluding tert-OH is 1. The van der Waals surface area contributed by atoms with Crippen LogP contribution >= 0.6 is 0 Å². The van der Waals surface area contributed by atoms with E-state index < -0.39 is 0 Å². The molecule has 114 valence electrons. The Kier molecular flexibility index (Phi) is 6.00. The van der Waals surface area contributed by atoms with Crippen LogP contribution in [-0.2, 0) is 6.61 Å². The number of hydrogen-bond acceptors (Lipinski definition) is 3. The van der Waals surface area contributed by atoms with Crippen molar-refractivity contribution in [2.75, 3.05) is 6.61 Å². The van der Waals surface area contributed by atoms with E-state index in [9.17, 15) is 5.11 Å². The summed E-state index contributed by atoms with van der Waals surface area (Å²) < 4.78 is 5.99. The number of ether oxygens (including phenoxy) is 1. The molecule has 0 aliphatic rings. The number of nitrogens with zero attached hydrogens (tertiary/aromatic N) is 1. The molecule has 2 aromatic rings. The molecule has 1 N–H and O–H groups in total. The minimum atomic E-state index is -0.0613. The first-order valence-electron chi connectivity index (χ1n) is 7.90. The number of aliphatic hydroxyl groups is 1. The molecule has 1 aromatic heterocycles. The first-order valence-corrected chi connectivity index (χ1v) is 7.90. The van der Waals surface area contributed by atoms with Crippen molar-refractivity contribution in [1.82, 2.24) is 4.98 Å². The van der Waals surface area contributed by atoms with Gasteiger partial charge in [-0.2, -0.15) is 0 Å². The molecule has 2 rings (SSSR count). The Bertz CT molecular complexity index is 568. The van der Waals surface area contributed by atoms with Gasteiger partial charge >= 0.3 is 0 Å². The van der Waals surface area contributed by atoms with Crippen molar-refractivity contribution in [3.63, 3.8) is 0 Å². The minimum Gasteiger partial charge on any atom is -0.477 e. The monoisotopic (exact) mass is 287 g/mol.